The predicted molar refractivity (Wildman–Crippen MR) is 131 cm³/mol. The van der Waals surface area contributed by atoms with Crippen LogP contribution in [0.2, 0.25) is 0 Å². The average molecular weight is 501 g/mol. The molecular formula is C19H40N12O4. The van der Waals surface area contributed by atoms with Gasteiger partial charge in [-0.05, 0) is 38.5 Å². The number of esters is 1. The van der Waals surface area contributed by atoms with Crippen LogP contribution in [0.3, 0.4) is 0 Å². The predicted octanol–water partition coefficient (Wildman–Crippen LogP) is -3.75. The Morgan fingerprint density at radius 2 is 1.11 bits per heavy atom. The number of hydrogen-bond acceptors (Lipinski definition) is 8. The molecule has 16 heteroatoms. The zero-order valence-corrected chi connectivity index (χ0v) is 20.0. The minimum absolute atomic E-state index is 0.184. The maximum Gasteiger partial charge on any atom is 0.328 e. The Balaban J connectivity index is 5.11. The summed E-state index contributed by atoms with van der Waals surface area (Å²) >= 11 is 0. The summed E-state index contributed by atoms with van der Waals surface area (Å²) in [6.07, 6.45) is 1.98. The number of carbonyl (C=O) groups is 3. The van der Waals surface area contributed by atoms with Crippen LogP contribution >= 0.6 is 0 Å². The summed E-state index contributed by atoms with van der Waals surface area (Å²) < 4.78 is 4.76. The molecule has 16 N–H and O–H groups in total. The van der Waals surface area contributed by atoms with Crippen LogP contribution in [0, 0.1) is 16.2 Å². The van der Waals surface area contributed by atoms with Crippen LogP contribution in [0.25, 0.3) is 0 Å². The van der Waals surface area contributed by atoms with Crippen LogP contribution in [-0.4, -0.2) is 80.5 Å². The van der Waals surface area contributed by atoms with Crippen LogP contribution in [0.4, 0.5) is 0 Å². The van der Waals surface area contributed by atoms with E-state index in [9.17, 15) is 14.4 Å². The highest BCUT2D eigenvalue weighted by atomic mass is 16.5. The second-order valence-electron chi connectivity index (χ2n) is 7.70. The Bertz CT molecular complexity index is 733. The Kier molecular flexibility index (Phi) is 15.7. The Labute approximate surface area is 204 Å². The number of rotatable bonds is 17. The van der Waals surface area contributed by atoms with Crippen molar-refractivity contribution in [2.75, 3.05) is 26.7 Å². The first kappa shape index (κ1) is 31.2. The molecule has 0 spiro atoms. The fourth-order valence-electron chi connectivity index (χ4n) is 2.95. The molecule has 3 atom stereocenters. The van der Waals surface area contributed by atoms with E-state index in [4.69, 9.17) is 43.9 Å². The lowest BCUT2D eigenvalue weighted by molar-refractivity contribution is -0.145. The molecule has 0 rings (SSSR count). The van der Waals surface area contributed by atoms with Gasteiger partial charge < -0.3 is 54.3 Å². The molecule has 0 heterocycles. The molecule has 0 fully saturated rings. The third kappa shape index (κ3) is 15.6. The van der Waals surface area contributed by atoms with Crippen molar-refractivity contribution in [3.05, 3.63) is 0 Å². The third-order valence-corrected chi connectivity index (χ3v) is 4.75. The Morgan fingerprint density at radius 3 is 1.54 bits per heavy atom. The topological polar surface area (TPSA) is 296 Å². The van der Waals surface area contributed by atoms with E-state index in [0.717, 1.165) is 0 Å². The summed E-state index contributed by atoms with van der Waals surface area (Å²) in [5, 5.41) is 34.5. The van der Waals surface area contributed by atoms with Gasteiger partial charge in [-0.1, -0.05) is 0 Å². The molecule has 0 aromatic rings. The number of hydrogen-bond donors (Lipinski definition) is 12. The first-order chi connectivity index (χ1) is 16.5. The summed E-state index contributed by atoms with van der Waals surface area (Å²) in [6, 6.07) is -2.87. The number of nitrogens with two attached hydrogens (primary N) is 4. The van der Waals surface area contributed by atoms with Gasteiger partial charge in [0, 0.05) is 19.6 Å². The maximum absolute atomic E-state index is 13.0. The average Bonchev–Trinajstić information content (AvgIpc) is 2.79. The molecule has 16 nitrogen and oxygen atoms in total. The molecule has 0 bridgehead atoms. The molecule has 0 aromatic carbocycles. The fraction of sp³-hybridized carbons (Fsp3) is 0.684. The normalized spacial score (nSPS) is 12.9. The second kappa shape index (κ2) is 17.6. The van der Waals surface area contributed by atoms with Gasteiger partial charge in [0.2, 0.25) is 11.8 Å². The zero-order chi connectivity index (χ0) is 26.8. The molecule has 0 radical (unpaired) electrons. The quantitative estimate of drug-likeness (QED) is 0.0398. The van der Waals surface area contributed by atoms with Crippen molar-refractivity contribution in [2.45, 2.75) is 56.7 Å². The van der Waals surface area contributed by atoms with E-state index in [2.05, 4.69) is 26.6 Å². The summed E-state index contributed by atoms with van der Waals surface area (Å²) in [7, 11) is 1.20. The summed E-state index contributed by atoms with van der Waals surface area (Å²) in [5.41, 5.74) is 21.6. The molecule has 35 heavy (non-hydrogen) atoms. The Morgan fingerprint density at radius 1 is 0.714 bits per heavy atom. The Hall–Kier alpha value is -3.82. The molecule has 200 valence electrons. The number of ether oxygens (including phenoxy) is 1. The fourth-order valence-corrected chi connectivity index (χ4v) is 2.95. The number of nitrogens with one attached hydrogen (secondary N) is 8. The van der Waals surface area contributed by atoms with Crippen LogP contribution in [0.1, 0.15) is 38.5 Å². The molecule has 0 saturated heterocycles. The lowest BCUT2D eigenvalue weighted by Crippen LogP contribution is -2.54. The number of amides is 2. The SMILES string of the molecule is COC(=O)[C@H](CCCNC(=N)N)NC(=O)[C@H](CCCNC(=N)N)NC(=O)[C@@H](N)CCCNC(=N)N. The molecule has 0 unspecified atom stereocenters. The number of methoxy groups -OCH3 is 1. The first-order valence-electron chi connectivity index (χ1n) is 11.2. The van der Waals surface area contributed by atoms with E-state index >= 15 is 0 Å². The molecule has 0 aromatic heterocycles. The van der Waals surface area contributed by atoms with Gasteiger partial charge in [0.1, 0.15) is 12.1 Å². The van der Waals surface area contributed by atoms with E-state index in [-0.39, 0.29) is 30.7 Å². The molecular weight excluding hydrogens is 460 g/mol. The third-order valence-electron chi connectivity index (χ3n) is 4.75. The standard InChI is InChI=1S/C19H40N12O4/c1-35-16(34)13(7-4-10-29-19(25)26)31-15(33)12(6-3-9-28-18(23)24)30-14(32)11(20)5-2-8-27-17(21)22/h11-13H,2-10,20H2,1H3,(H,30,32)(H,31,33)(H4,21,22,27)(H4,23,24,28)(H4,25,26,29)/t11-,12-,13-/m0/s1. The van der Waals surface area contributed by atoms with Crippen LogP contribution in [-0.2, 0) is 19.1 Å². The molecule has 2 amide bonds. The second-order valence-corrected chi connectivity index (χ2v) is 7.70. The van der Waals surface area contributed by atoms with Crippen molar-refractivity contribution in [2.24, 2.45) is 22.9 Å². The van der Waals surface area contributed by atoms with Crippen molar-refractivity contribution < 1.29 is 19.1 Å². The lowest BCUT2D eigenvalue weighted by Gasteiger charge is -2.24. The van der Waals surface area contributed by atoms with Gasteiger partial charge in [0.25, 0.3) is 0 Å². The summed E-state index contributed by atoms with van der Waals surface area (Å²) in [5.74, 6) is -2.41. The lowest BCUT2D eigenvalue weighted by atomic mass is 10.1. The van der Waals surface area contributed by atoms with Crippen molar-refractivity contribution in [1.29, 1.82) is 16.2 Å². The van der Waals surface area contributed by atoms with Crippen molar-refractivity contribution in [1.82, 2.24) is 26.6 Å². The zero-order valence-electron chi connectivity index (χ0n) is 20.0. The van der Waals surface area contributed by atoms with Crippen LogP contribution in [0.5, 0.6) is 0 Å². The molecule has 0 aliphatic carbocycles. The molecule has 0 saturated carbocycles. The molecule has 0 aliphatic heterocycles. The van der Waals surface area contributed by atoms with Crippen molar-refractivity contribution in [3.8, 4) is 0 Å². The highest BCUT2D eigenvalue weighted by Crippen LogP contribution is 2.05. The van der Waals surface area contributed by atoms with E-state index < -0.39 is 35.9 Å². The number of guanidine groups is 3. The summed E-state index contributed by atoms with van der Waals surface area (Å²) in [6.45, 7) is 0.994. The highest BCUT2D eigenvalue weighted by Gasteiger charge is 2.28. The van der Waals surface area contributed by atoms with Gasteiger partial charge in [-0.25, -0.2) is 4.79 Å². The van der Waals surface area contributed by atoms with E-state index in [1.54, 1.807) is 0 Å². The maximum atomic E-state index is 13.0. The molecule has 0 aliphatic rings. The van der Waals surface area contributed by atoms with Gasteiger partial charge >= 0.3 is 5.97 Å². The monoisotopic (exact) mass is 500 g/mol. The van der Waals surface area contributed by atoms with Crippen molar-refractivity contribution >= 4 is 35.7 Å². The van der Waals surface area contributed by atoms with E-state index in [1.165, 1.54) is 7.11 Å². The van der Waals surface area contributed by atoms with Gasteiger partial charge in [-0.3, -0.25) is 25.8 Å². The highest BCUT2D eigenvalue weighted by molar-refractivity contribution is 5.92. The van der Waals surface area contributed by atoms with Gasteiger partial charge in [0.05, 0.1) is 13.2 Å². The van der Waals surface area contributed by atoms with Crippen molar-refractivity contribution in [3.63, 3.8) is 0 Å². The largest absolute Gasteiger partial charge is 0.467 e. The van der Waals surface area contributed by atoms with Gasteiger partial charge in [0.15, 0.2) is 17.9 Å². The van der Waals surface area contributed by atoms with Crippen LogP contribution in [0.15, 0.2) is 0 Å². The number of carbonyl (C=O) groups excluding carboxylic acids is 3. The van der Waals surface area contributed by atoms with Crippen LogP contribution < -0.4 is 49.5 Å². The van der Waals surface area contributed by atoms with Gasteiger partial charge in [-0.2, -0.15) is 0 Å². The first-order valence-corrected chi connectivity index (χ1v) is 11.2. The minimum atomic E-state index is -1.000. The summed E-state index contributed by atoms with van der Waals surface area (Å²) in [4.78, 5) is 37.7. The van der Waals surface area contributed by atoms with E-state index in [1.807, 2.05) is 0 Å². The van der Waals surface area contributed by atoms with Gasteiger partial charge in [-0.15, -0.1) is 0 Å². The minimum Gasteiger partial charge on any atom is -0.467 e. The smallest absolute Gasteiger partial charge is 0.328 e. The van der Waals surface area contributed by atoms with E-state index in [0.29, 0.717) is 45.3 Å².